The number of nitrogens with one attached hydrogen (secondary N) is 1. The normalized spacial score (nSPS) is 10.4. The van der Waals surface area contributed by atoms with Crippen LogP contribution in [-0.2, 0) is 6.61 Å². The molecular weight excluding hydrogens is 448 g/mol. The number of carbonyl (C=O) groups is 1. The first-order valence-electron chi connectivity index (χ1n) is 9.55. The number of amides is 1. The fraction of sp³-hybridized carbons (Fsp3) is 0.217. The second-order valence-electron chi connectivity index (χ2n) is 6.43. The number of aromatic nitrogens is 1. The Morgan fingerprint density at radius 3 is 2.70 bits per heavy atom. The molecule has 0 aliphatic carbocycles. The average Bonchev–Trinajstić information content (AvgIpc) is 2.77. The van der Waals surface area contributed by atoms with Gasteiger partial charge in [0.25, 0.3) is 5.91 Å². The van der Waals surface area contributed by atoms with E-state index in [4.69, 9.17) is 14.2 Å². The Hall–Kier alpha value is -3.06. The van der Waals surface area contributed by atoms with Crippen LogP contribution >= 0.6 is 15.9 Å². The summed E-state index contributed by atoms with van der Waals surface area (Å²) < 4.78 is 17.5. The van der Waals surface area contributed by atoms with Crippen molar-refractivity contribution in [2.45, 2.75) is 20.0 Å². The van der Waals surface area contributed by atoms with Gasteiger partial charge in [-0.2, -0.15) is 0 Å². The second kappa shape index (κ2) is 10.6. The molecule has 0 aliphatic heterocycles. The highest BCUT2D eigenvalue weighted by molar-refractivity contribution is 9.10. The number of rotatable bonds is 9. The maximum atomic E-state index is 12.8. The molecule has 0 aliphatic rings. The summed E-state index contributed by atoms with van der Waals surface area (Å²) in [7, 11) is 1.55. The summed E-state index contributed by atoms with van der Waals surface area (Å²) in [6.07, 6.45) is 2.59. The molecule has 0 unspecified atom stereocenters. The van der Waals surface area contributed by atoms with Gasteiger partial charge in [-0.05, 0) is 58.7 Å². The summed E-state index contributed by atoms with van der Waals surface area (Å²) in [5.41, 5.74) is 1.90. The molecule has 156 valence electrons. The van der Waals surface area contributed by atoms with Gasteiger partial charge in [-0.1, -0.05) is 19.1 Å². The van der Waals surface area contributed by atoms with Crippen LogP contribution < -0.4 is 19.5 Å². The Kier molecular flexibility index (Phi) is 7.68. The summed E-state index contributed by atoms with van der Waals surface area (Å²) in [5.74, 6) is 1.45. The molecule has 1 amide bonds. The zero-order valence-corrected chi connectivity index (χ0v) is 18.4. The van der Waals surface area contributed by atoms with Gasteiger partial charge in [-0.25, -0.2) is 0 Å². The number of halogens is 1. The van der Waals surface area contributed by atoms with Crippen LogP contribution in [0.15, 0.2) is 65.3 Å². The zero-order chi connectivity index (χ0) is 21.3. The van der Waals surface area contributed by atoms with Crippen molar-refractivity contribution < 1.29 is 19.0 Å². The van der Waals surface area contributed by atoms with E-state index in [-0.39, 0.29) is 5.91 Å². The highest BCUT2D eigenvalue weighted by Crippen LogP contribution is 2.37. The number of hydrogen-bond acceptors (Lipinski definition) is 5. The topological polar surface area (TPSA) is 69.7 Å². The van der Waals surface area contributed by atoms with Crippen LogP contribution in [0.4, 0.5) is 5.69 Å². The Morgan fingerprint density at radius 1 is 1.10 bits per heavy atom. The smallest absolute Gasteiger partial charge is 0.255 e. The van der Waals surface area contributed by atoms with Crippen LogP contribution in [0, 0.1) is 0 Å². The van der Waals surface area contributed by atoms with Crippen molar-refractivity contribution in [2.24, 2.45) is 0 Å². The van der Waals surface area contributed by atoms with E-state index in [0.29, 0.717) is 46.2 Å². The Balaban J connectivity index is 1.70. The van der Waals surface area contributed by atoms with Crippen molar-refractivity contribution in [1.82, 2.24) is 4.98 Å². The number of pyridine rings is 1. The third-order valence-corrected chi connectivity index (χ3v) is 4.74. The molecule has 7 heteroatoms. The first-order chi connectivity index (χ1) is 14.6. The molecule has 6 nitrogen and oxygen atoms in total. The van der Waals surface area contributed by atoms with Gasteiger partial charge < -0.3 is 19.5 Å². The van der Waals surface area contributed by atoms with Crippen molar-refractivity contribution in [3.8, 4) is 17.2 Å². The molecule has 1 heterocycles. The number of carbonyl (C=O) groups excluding carboxylic acids is 1. The van der Waals surface area contributed by atoms with E-state index in [0.717, 1.165) is 12.1 Å². The van der Waals surface area contributed by atoms with Gasteiger partial charge in [0.05, 0.1) is 23.9 Å². The number of hydrogen-bond donors (Lipinski definition) is 1. The maximum absolute atomic E-state index is 12.8. The van der Waals surface area contributed by atoms with Crippen LogP contribution in [0.25, 0.3) is 0 Å². The van der Waals surface area contributed by atoms with Gasteiger partial charge in [0.15, 0.2) is 11.5 Å². The largest absolute Gasteiger partial charge is 0.493 e. The van der Waals surface area contributed by atoms with Crippen LogP contribution in [0.1, 0.15) is 29.4 Å². The molecule has 0 saturated heterocycles. The van der Waals surface area contributed by atoms with Crippen molar-refractivity contribution in [1.29, 1.82) is 0 Å². The van der Waals surface area contributed by atoms with E-state index < -0.39 is 0 Å². The van der Waals surface area contributed by atoms with E-state index in [1.165, 1.54) is 0 Å². The zero-order valence-electron chi connectivity index (χ0n) is 16.9. The van der Waals surface area contributed by atoms with E-state index in [9.17, 15) is 4.79 Å². The summed E-state index contributed by atoms with van der Waals surface area (Å²) in [6.45, 7) is 2.93. The Bertz CT molecular complexity index is 996. The predicted octanol–water partition coefficient (Wildman–Crippen LogP) is 5.47. The lowest BCUT2D eigenvalue weighted by molar-refractivity contribution is 0.102. The monoisotopic (exact) mass is 470 g/mol. The molecular formula is C23H23BrN2O4. The van der Waals surface area contributed by atoms with Gasteiger partial charge in [-0.15, -0.1) is 0 Å². The number of anilines is 1. The molecule has 0 atom stereocenters. The van der Waals surface area contributed by atoms with Gasteiger partial charge >= 0.3 is 0 Å². The number of ether oxygens (including phenoxy) is 3. The van der Waals surface area contributed by atoms with Crippen LogP contribution in [0.2, 0.25) is 0 Å². The van der Waals surface area contributed by atoms with E-state index in [1.807, 2.05) is 37.3 Å². The molecule has 0 radical (unpaired) electrons. The van der Waals surface area contributed by atoms with Gasteiger partial charge in [0.1, 0.15) is 12.4 Å². The predicted molar refractivity (Wildman–Crippen MR) is 119 cm³/mol. The first-order valence-corrected chi connectivity index (χ1v) is 10.3. The van der Waals surface area contributed by atoms with E-state index in [2.05, 4.69) is 26.2 Å². The van der Waals surface area contributed by atoms with Crippen LogP contribution in [-0.4, -0.2) is 24.6 Å². The lowest BCUT2D eigenvalue weighted by Crippen LogP contribution is -2.12. The number of methoxy groups -OCH3 is 1. The summed E-state index contributed by atoms with van der Waals surface area (Å²) in [6, 6.07) is 16.3. The first kappa shape index (κ1) is 21.6. The third kappa shape index (κ3) is 5.73. The highest BCUT2D eigenvalue weighted by Gasteiger charge is 2.16. The second-order valence-corrected chi connectivity index (χ2v) is 7.28. The average molecular weight is 471 g/mol. The maximum Gasteiger partial charge on any atom is 0.255 e. The van der Waals surface area contributed by atoms with Gasteiger partial charge in [-0.3, -0.25) is 9.78 Å². The van der Waals surface area contributed by atoms with Crippen molar-refractivity contribution in [2.75, 3.05) is 19.0 Å². The number of benzene rings is 2. The summed E-state index contributed by atoms with van der Waals surface area (Å²) >= 11 is 3.47. The summed E-state index contributed by atoms with van der Waals surface area (Å²) in [4.78, 5) is 17.0. The molecule has 0 spiro atoms. The van der Waals surface area contributed by atoms with E-state index in [1.54, 1.807) is 37.6 Å². The lowest BCUT2D eigenvalue weighted by atomic mass is 10.1. The minimum atomic E-state index is -0.266. The molecule has 3 rings (SSSR count). The standard InChI is InChI=1S/C23H23BrN2O4/c1-3-11-29-22-20(24)12-16(13-21(22)28-2)23(27)26-17-8-6-9-19(14-17)30-15-18-7-4-5-10-25-18/h4-10,12-14H,3,11,15H2,1-2H3,(H,26,27). The third-order valence-electron chi connectivity index (χ3n) is 4.15. The van der Waals surface area contributed by atoms with Gasteiger partial charge in [0.2, 0.25) is 0 Å². The fourth-order valence-corrected chi connectivity index (χ4v) is 3.26. The van der Waals surface area contributed by atoms with Crippen molar-refractivity contribution in [3.63, 3.8) is 0 Å². The molecule has 0 saturated carbocycles. The lowest BCUT2D eigenvalue weighted by Gasteiger charge is -2.14. The molecule has 30 heavy (non-hydrogen) atoms. The van der Waals surface area contributed by atoms with Gasteiger partial charge in [0, 0.05) is 23.5 Å². The quantitative estimate of drug-likeness (QED) is 0.448. The Labute approximate surface area is 184 Å². The van der Waals surface area contributed by atoms with Crippen molar-refractivity contribution >= 4 is 27.5 Å². The molecule has 1 aromatic heterocycles. The molecule has 2 aromatic carbocycles. The SMILES string of the molecule is CCCOc1c(Br)cc(C(=O)Nc2cccc(OCc3ccccn3)c2)cc1OC. The van der Waals surface area contributed by atoms with Crippen LogP contribution in [0.3, 0.4) is 0 Å². The number of nitrogens with zero attached hydrogens (tertiary/aromatic N) is 1. The molecule has 0 fully saturated rings. The summed E-state index contributed by atoms with van der Waals surface area (Å²) in [5, 5.41) is 2.89. The van der Waals surface area contributed by atoms with Crippen molar-refractivity contribution in [3.05, 3.63) is 76.5 Å². The van der Waals surface area contributed by atoms with Crippen LogP contribution in [0.5, 0.6) is 17.2 Å². The molecule has 3 aromatic rings. The molecule has 1 N–H and O–H groups in total. The Morgan fingerprint density at radius 2 is 1.97 bits per heavy atom. The molecule has 0 bridgehead atoms. The fourth-order valence-electron chi connectivity index (χ4n) is 2.70. The minimum absolute atomic E-state index is 0.266. The minimum Gasteiger partial charge on any atom is -0.493 e. The van der Waals surface area contributed by atoms with E-state index >= 15 is 0 Å². The highest BCUT2D eigenvalue weighted by atomic mass is 79.9.